The van der Waals surface area contributed by atoms with E-state index in [1.54, 1.807) is 25.1 Å². The number of methoxy groups -OCH3 is 3. The van der Waals surface area contributed by atoms with Crippen molar-refractivity contribution in [3.05, 3.63) is 41.3 Å². The Morgan fingerprint density at radius 3 is 2.25 bits per heavy atom. The first kappa shape index (κ1) is 14.0. The highest BCUT2D eigenvalue weighted by Gasteiger charge is 2.22. The average molecular weight is 276 g/mol. The van der Waals surface area contributed by atoms with E-state index in [4.69, 9.17) is 18.6 Å². The fraction of sp³-hybridized carbons (Fsp3) is 0.267. The molecule has 2 aromatic rings. The number of carbonyl (C=O) groups is 1. The molecule has 0 N–H and O–H groups in total. The maximum atomic E-state index is 12.5. The highest BCUT2D eigenvalue weighted by Crippen LogP contribution is 2.40. The molecule has 0 fully saturated rings. The van der Waals surface area contributed by atoms with E-state index in [2.05, 4.69) is 0 Å². The van der Waals surface area contributed by atoms with Crippen LogP contribution in [0.4, 0.5) is 0 Å². The van der Waals surface area contributed by atoms with Gasteiger partial charge in [-0.15, -0.1) is 0 Å². The lowest BCUT2D eigenvalue weighted by molar-refractivity contribution is 0.103. The van der Waals surface area contributed by atoms with Gasteiger partial charge in [-0.3, -0.25) is 4.79 Å². The zero-order chi connectivity index (χ0) is 14.7. The normalized spacial score (nSPS) is 10.2. The monoisotopic (exact) mass is 276 g/mol. The molecule has 0 unspecified atom stereocenters. The summed E-state index contributed by atoms with van der Waals surface area (Å²) in [6, 6.07) is 4.99. The summed E-state index contributed by atoms with van der Waals surface area (Å²) >= 11 is 0. The summed E-state index contributed by atoms with van der Waals surface area (Å²) < 4.78 is 20.9. The van der Waals surface area contributed by atoms with Crippen molar-refractivity contribution < 1.29 is 23.4 Å². The highest BCUT2D eigenvalue weighted by atomic mass is 16.5. The molecule has 5 nitrogen and oxygen atoms in total. The van der Waals surface area contributed by atoms with Gasteiger partial charge in [0.2, 0.25) is 5.75 Å². The standard InChI is InChI=1S/C15H16O5/c1-9-7-10(8-20-9)13(16)11-5-6-12(17-2)15(19-4)14(11)18-3/h5-8H,1-4H3. The van der Waals surface area contributed by atoms with Crippen LogP contribution in [0.25, 0.3) is 0 Å². The third kappa shape index (κ3) is 2.34. The second-order valence-electron chi connectivity index (χ2n) is 4.16. The minimum Gasteiger partial charge on any atom is -0.493 e. The topological polar surface area (TPSA) is 57.9 Å². The minimum absolute atomic E-state index is 0.195. The number of hydrogen-bond acceptors (Lipinski definition) is 5. The zero-order valence-corrected chi connectivity index (χ0v) is 11.9. The molecule has 0 aliphatic heterocycles. The first-order chi connectivity index (χ1) is 9.62. The van der Waals surface area contributed by atoms with E-state index in [0.717, 1.165) is 0 Å². The molecule has 1 aromatic carbocycles. The Morgan fingerprint density at radius 2 is 1.75 bits per heavy atom. The molecule has 0 atom stereocenters. The lowest BCUT2D eigenvalue weighted by Crippen LogP contribution is -2.05. The second-order valence-corrected chi connectivity index (χ2v) is 4.16. The average Bonchev–Trinajstić information content (AvgIpc) is 2.91. The van der Waals surface area contributed by atoms with Crippen molar-refractivity contribution >= 4 is 5.78 Å². The van der Waals surface area contributed by atoms with Crippen LogP contribution >= 0.6 is 0 Å². The first-order valence-corrected chi connectivity index (χ1v) is 6.01. The predicted molar refractivity (Wildman–Crippen MR) is 73.0 cm³/mol. The molecule has 106 valence electrons. The van der Waals surface area contributed by atoms with E-state index in [-0.39, 0.29) is 5.78 Å². The number of aryl methyl sites for hydroxylation is 1. The van der Waals surface area contributed by atoms with Gasteiger partial charge in [0, 0.05) is 0 Å². The van der Waals surface area contributed by atoms with Crippen molar-refractivity contribution in [3.63, 3.8) is 0 Å². The van der Waals surface area contributed by atoms with Crippen molar-refractivity contribution in [2.24, 2.45) is 0 Å². The van der Waals surface area contributed by atoms with Crippen LogP contribution in [0.3, 0.4) is 0 Å². The number of benzene rings is 1. The van der Waals surface area contributed by atoms with E-state index >= 15 is 0 Å². The molecule has 20 heavy (non-hydrogen) atoms. The maximum absolute atomic E-state index is 12.5. The molecule has 0 spiro atoms. The molecular formula is C15H16O5. The number of rotatable bonds is 5. The Balaban J connectivity index is 2.54. The summed E-state index contributed by atoms with van der Waals surface area (Å²) in [5.41, 5.74) is 0.860. The van der Waals surface area contributed by atoms with Crippen LogP contribution in [0.15, 0.2) is 28.9 Å². The van der Waals surface area contributed by atoms with Gasteiger partial charge < -0.3 is 18.6 Å². The highest BCUT2D eigenvalue weighted by molar-refractivity contribution is 6.11. The number of furan rings is 1. The van der Waals surface area contributed by atoms with Crippen LogP contribution in [0.5, 0.6) is 17.2 Å². The van der Waals surface area contributed by atoms with Gasteiger partial charge in [-0.05, 0) is 25.1 Å². The number of carbonyl (C=O) groups excluding carboxylic acids is 1. The third-order valence-electron chi connectivity index (χ3n) is 2.94. The van der Waals surface area contributed by atoms with Crippen LogP contribution in [-0.2, 0) is 0 Å². The molecular weight excluding hydrogens is 260 g/mol. The largest absolute Gasteiger partial charge is 0.493 e. The van der Waals surface area contributed by atoms with E-state index in [9.17, 15) is 4.79 Å². The van der Waals surface area contributed by atoms with Gasteiger partial charge >= 0.3 is 0 Å². The van der Waals surface area contributed by atoms with Crippen LogP contribution < -0.4 is 14.2 Å². The van der Waals surface area contributed by atoms with Crippen molar-refractivity contribution in [2.75, 3.05) is 21.3 Å². The van der Waals surface area contributed by atoms with Crippen molar-refractivity contribution in [2.45, 2.75) is 6.92 Å². The minimum atomic E-state index is -0.195. The maximum Gasteiger partial charge on any atom is 0.204 e. The smallest absolute Gasteiger partial charge is 0.204 e. The summed E-state index contributed by atoms with van der Waals surface area (Å²) in [6.07, 6.45) is 1.42. The summed E-state index contributed by atoms with van der Waals surface area (Å²) in [5, 5.41) is 0. The molecule has 0 radical (unpaired) electrons. The van der Waals surface area contributed by atoms with Crippen LogP contribution in [0.1, 0.15) is 21.7 Å². The molecule has 0 aliphatic rings. The zero-order valence-electron chi connectivity index (χ0n) is 11.9. The van der Waals surface area contributed by atoms with Crippen molar-refractivity contribution in [1.82, 2.24) is 0 Å². The summed E-state index contributed by atoms with van der Waals surface area (Å²) in [7, 11) is 4.50. The molecule has 1 aromatic heterocycles. The number of hydrogen-bond donors (Lipinski definition) is 0. The quantitative estimate of drug-likeness (QED) is 0.786. The summed E-state index contributed by atoms with van der Waals surface area (Å²) in [4.78, 5) is 12.5. The van der Waals surface area contributed by atoms with E-state index in [1.165, 1.54) is 27.6 Å². The van der Waals surface area contributed by atoms with Gasteiger partial charge in [0.05, 0.1) is 32.5 Å². The summed E-state index contributed by atoms with van der Waals surface area (Å²) in [5.74, 6) is 1.72. The van der Waals surface area contributed by atoms with Crippen molar-refractivity contribution in [3.8, 4) is 17.2 Å². The van der Waals surface area contributed by atoms with E-state index in [0.29, 0.717) is 34.1 Å². The van der Waals surface area contributed by atoms with Gasteiger partial charge in [0.25, 0.3) is 0 Å². The van der Waals surface area contributed by atoms with E-state index < -0.39 is 0 Å². The first-order valence-electron chi connectivity index (χ1n) is 6.01. The Kier molecular flexibility index (Phi) is 3.98. The van der Waals surface area contributed by atoms with Gasteiger partial charge in [-0.2, -0.15) is 0 Å². The SMILES string of the molecule is COc1ccc(C(=O)c2coc(C)c2)c(OC)c1OC. The molecule has 0 saturated heterocycles. The third-order valence-corrected chi connectivity index (χ3v) is 2.94. The molecule has 1 heterocycles. The molecule has 2 rings (SSSR count). The lowest BCUT2D eigenvalue weighted by Gasteiger charge is -2.14. The Labute approximate surface area is 117 Å². The van der Waals surface area contributed by atoms with E-state index in [1.807, 2.05) is 0 Å². The number of ketones is 1. The number of ether oxygens (including phenoxy) is 3. The van der Waals surface area contributed by atoms with Gasteiger partial charge in [-0.1, -0.05) is 0 Å². The van der Waals surface area contributed by atoms with Gasteiger partial charge in [-0.25, -0.2) is 0 Å². The molecule has 5 heteroatoms. The molecule has 0 amide bonds. The lowest BCUT2D eigenvalue weighted by atomic mass is 10.0. The molecule has 0 saturated carbocycles. The Morgan fingerprint density at radius 1 is 1.05 bits per heavy atom. The van der Waals surface area contributed by atoms with Crippen LogP contribution in [0.2, 0.25) is 0 Å². The van der Waals surface area contributed by atoms with Crippen molar-refractivity contribution in [1.29, 1.82) is 0 Å². The predicted octanol–water partition coefficient (Wildman–Crippen LogP) is 2.84. The Bertz CT molecular complexity index is 627. The fourth-order valence-corrected chi connectivity index (χ4v) is 2.00. The van der Waals surface area contributed by atoms with Crippen LogP contribution in [-0.4, -0.2) is 27.1 Å². The van der Waals surface area contributed by atoms with Gasteiger partial charge in [0.1, 0.15) is 12.0 Å². The second kappa shape index (κ2) is 5.69. The van der Waals surface area contributed by atoms with Gasteiger partial charge in [0.15, 0.2) is 17.3 Å². The fourth-order valence-electron chi connectivity index (χ4n) is 2.00. The summed E-state index contributed by atoms with van der Waals surface area (Å²) in [6.45, 7) is 1.78. The Hall–Kier alpha value is -2.43. The van der Waals surface area contributed by atoms with Crippen LogP contribution in [0, 0.1) is 6.92 Å². The molecule has 0 aliphatic carbocycles. The molecule has 0 bridgehead atoms.